The Morgan fingerprint density at radius 3 is 1.63 bits per heavy atom. The van der Waals surface area contributed by atoms with E-state index in [2.05, 4.69) is 105 Å². The van der Waals surface area contributed by atoms with Crippen molar-refractivity contribution in [3.05, 3.63) is 28.8 Å². The molecule has 27 heavy (non-hydrogen) atoms. The van der Waals surface area contributed by atoms with Gasteiger partial charge in [0.05, 0.1) is 6.04 Å². The molecule has 0 saturated heterocycles. The van der Waals surface area contributed by atoms with Gasteiger partial charge in [-0.05, 0) is 60.9 Å². The van der Waals surface area contributed by atoms with Gasteiger partial charge in [0.2, 0.25) is 0 Å². The number of aryl methyl sites for hydroxylation is 3. The van der Waals surface area contributed by atoms with Gasteiger partial charge in [0.25, 0.3) is 0 Å². The van der Waals surface area contributed by atoms with E-state index in [4.69, 9.17) is 0 Å². The fraction of sp³-hybridized carbons (Fsp3) is 0.680. The van der Waals surface area contributed by atoms with E-state index in [0.29, 0.717) is 22.5 Å². The third-order valence-electron chi connectivity index (χ3n) is 6.03. The Balaban J connectivity index is 3.33. The average Bonchev–Trinajstić information content (AvgIpc) is 2.49. The summed E-state index contributed by atoms with van der Waals surface area (Å²) in [5, 5.41) is 3.81. The van der Waals surface area contributed by atoms with Crippen molar-refractivity contribution in [3.8, 4) is 11.5 Å². The fourth-order valence-electron chi connectivity index (χ4n) is 4.85. The van der Waals surface area contributed by atoms with E-state index in [1.165, 1.54) is 22.4 Å². The molecule has 1 aromatic carbocycles. The highest BCUT2D eigenvalue weighted by Gasteiger charge is 2.41. The van der Waals surface area contributed by atoms with E-state index >= 15 is 0 Å². The van der Waals surface area contributed by atoms with Crippen LogP contribution in [-0.2, 0) is 0 Å². The maximum absolute atomic E-state index is 3.93. The highest BCUT2D eigenvalue weighted by Crippen LogP contribution is 2.40. The Morgan fingerprint density at radius 2 is 1.26 bits per heavy atom. The van der Waals surface area contributed by atoms with Crippen molar-refractivity contribution in [2.24, 2.45) is 5.92 Å². The molecule has 0 fully saturated rings. The number of nitrogens with one attached hydrogen (secondary N) is 1. The molecule has 1 rings (SSSR count). The SMILES string of the molecule is Cc1cc(C)c(NC(C#C[Si](C(C)C)(C(C)C)C(C)C)CC(C)C)c(C)c1. The zero-order valence-corrected chi connectivity index (χ0v) is 20.7. The summed E-state index contributed by atoms with van der Waals surface area (Å²) in [6.07, 6.45) is 1.08. The lowest BCUT2D eigenvalue weighted by molar-refractivity contribution is 0.570. The Kier molecular flexibility index (Phi) is 8.68. The second-order valence-electron chi connectivity index (χ2n) is 9.77. The summed E-state index contributed by atoms with van der Waals surface area (Å²) in [7, 11) is -1.70. The zero-order valence-electron chi connectivity index (χ0n) is 19.7. The monoisotopic (exact) mass is 385 g/mol. The molecule has 0 heterocycles. The van der Waals surface area contributed by atoms with E-state index in [1.54, 1.807) is 0 Å². The molecule has 0 bridgehead atoms. The van der Waals surface area contributed by atoms with Crippen LogP contribution in [0.4, 0.5) is 5.69 Å². The van der Waals surface area contributed by atoms with E-state index in [9.17, 15) is 0 Å². The topological polar surface area (TPSA) is 12.0 Å². The first-order chi connectivity index (χ1) is 12.4. The second kappa shape index (κ2) is 9.83. The molecule has 2 heteroatoms. The van der Waals surface area contributed by atoms with Crippen molar-refractivity contribution in [2.45, 2.75) is 105 Å². The largest absolute Gasteiger partial charge is 0.371 e. The summed E-state index contributed by atoms with van der Waals surface area (Å²) in [5.74, 6) is 4.38. The summed E-state index contributed by atoms with van der Waals surface area (Å²) in [6.45, 7) is 25.5. The minimum atomic E-state index is -1.70. The van der Waals surface area contributed by atoms with Gasteiger partial charge in [-0.1, -0.05) is 79.0 Å². The van der Waals surface area contributed by atoms with Crippen molar-refractivity contribution in [3.63, 3.8) is 0 Å². The van der Waals surface area contributed by atoms with Gasteiger partial charge in [0.15, 0.2) is 0 Å². The molecule has 0 spiro atoms. The molecular weight excluding hydrogens is 342 g/mol. The Bertz CT molecular complexity index is 629. The van der Waals surface area contributed by atoms with Crippen molar-refractivity contribution in [1.82, 2.24) is 0 Å². The van der Waals surface area contributed by atoms with Gasteiger partial charge < -0.3 is 5.32 Å². The fourth-order valence-corrected chi connectivity index (χ4v) is 10.1. The van der Waals surface area contributed by atoms with Crippen LogP contribution in [0.1, 0.15) is 78.5 Å². The quantitative estimate of drug-likeness (QED) is 0.375. The lowest BCUT2D eigenvalue weighted by Crippen LogP contribution is -2.43. The third-order valence-corrected chi connectivity index (χ3v) is 12.3. The van der Waals surface area contributed by atoms with Crippen LogP contribution in [0.2, 0.25) is 16.6 Å². The number of hydrogen-bond donors (Lipinski definition) is 1. The molecule has 152 valence electrons. The second-order valence-corrected chi connectivity index (χ2v) is 15.3. The molecule has 0 amide bonds. The zero-order chi connectivity index (χ0) is 20.9. The smallest absolute Gasteiger partial charge is 0.146 e. The van der Waals surface area contributed by atoms with Crippen LogP contribution in [-0.4, -0.2) is 14.1 Å². The van der Waals surface area contributed by atoms with E-state index in [0.717, 1.165) is 6.42 Å². The Labute approximate surface area is 170 Å². The van der Waals surface area contributed by atoms with Crippen LogP contribution in [0.25, 0.3) is 0 Å². The van der Waals surface area contributed by atoms with Gasteiger partial charge in [-0.15, -0.1) is 5.54 Å². The van der Waals surface area contributed by atoms with Crippen molar-refractivity contribution in [1.29, 1.82) is 0 Å². The minimum absolute atomic E-state index is 0.216. The highest BCUT2D eigenvalue weighted by molar-refractivity contribution is 6.90. The highest BCUT2D eigenvalue weighted by atomic mass is 28.3. The van der Waals surface area contributed by atoms with Crippen molar-refractivity contribution < 1.29 is 0 Å². The van der Waals surface area contributed by atoms with Crippen molar-refractivity contribution >= 4 is 13.8 Å². The van der Waals surface area contributed by atoms with E-state index in [-0.39, 0.29) is 6.04 Å². The van der Waals surface area contributed by atoms with Gasteiger partial charge in [-0.2, -0.15) is 0 Å². The summed E-state index contributed by atoms with van der Waals surface area (Å²) in [6, 6.07) is 4.75. The molecule has 0 radical (unpaired) electrons. The molecule has 1 nitrogen and oxygen atoms in total. The lowest BCUT2D eigenvalue weighted by atomic mass is 10.0. The molecule has 1 atom stereocenters. The molecular formula is C25H43NSi. The first-order valence-corrected chi connectivity index (χ1v) is 13.0. The predicted octanol–water partition coefficient (Wildman–Crippen LogP) is 7.66. The summed E-state index contributed by atoms with van der Waals surface area (Å²) >= 11 is 0. The molecule has 0 saturated carbocycles. The first kappa shape index (κ1) is 23.8. The number of benzene rings is 1. The summed E-state index contributed by atoms with van der Waals surface area (Å²) in [5.41, 5.74) is 11.2. The van der Waals surface area contributed by atoms with Gasteiger partial charge >= 0.3 is 0 Å². The normalized spacial score (nSPS) is 13.3. The maximum Gasteiger partial charge on any atom is 0.146 e. The van der Waals surface area contributed by atoms with E-state index < -0.39 is 8.07 Å². The molecule has 0 aliphatic carbocycles. The molecule has 0 aliphatic rings. The summed E-state index contributed by atoms with van der Waals surface area (Å²) < 4.78 is 0. The number of rotatable bonds is 7. The average molecular weight is 386 g/mol. The van der Waals surface area contributed by atoms with Gasteiger partial charge in [0, 0.05) is 5.69 Å². The molecule has 1 aromatic rings. The third kappa shape index (κ3) is 5.88. The molecule has 0 aliphatic heterocycles. The maximum atomic E-state index is 3.93. The van der Waals surface area contributed by atoms with Gasteiger partial charge in [0.1, 0.15) is 8.07 Å². The van der Waals surface area contributed by atoms with Gasteiger partial charge in [-0.25, -0.2) is 0 Å². The minimum Gasteiger partial charge on any atom is -0.371 e. The van der Waals surface area contributed by atoms with E-state index in [1.807, 2.05) is 0 Å². The Hall–Kier alpha value is -1.20. The Morgan fingerprint density at radius 1 is 0.815 bits per heavy atom. The molecule has 1 unspecified atom stereocenters. The first-order valence-electron chi connectivity index (χ1n) is 10.8. The van der Waals surface area contributed by atoms with Crippen LogP contribution in [0, 0.1) is 38.2 Å². The summed E-state index contributed by atoms with van der Waals surface area (Å²) in [4.78, 5) is 0. The lowest BCUT2D eigenvalue weighted by Gasteiger charge is -2.38. The predicted molar refractivity (Wildman–Crippen MR) is 126 cm³/mol. The number of hydrogen-bond acceptors (Lipinski definition) is 1. The van der Waals surface area contributed by atoms with Gasteiger partial charge in [-0.3, -0.25) is 0 Å². The molecule has 0 aromatic heterocycles. The van der Waals surface area contributed by atoms with Crippen LogP contribution in [0.5, 0.6) is 0 Å². The van der Waals surface area contributed by atoms with Crippen LogP contribution >= 0.6 is 0 Å². The van der Waals surface area contributed by atoms with Crippen LogP contribution in [0.15, 0.2) is 12.1 Å². The number of anilines is 1. The molecule has 1 N–H and O–H groups in total. The van der Waals surface area contributed by atoms with Crippen molar-refractivity contribution in [2.75, 3.05) is 5.32 Å². The van der Waals surface area contributed by atoms with Crippen LogP contribution < -0.4 is 5.32 Å². The standard InChI is InChI=1S/C25H43NSi/c1-17(2)14-24(26-25-22(10)15-21(9)16-23(25)11)12-13-27(18(3)4,19(5)6)20(7)8/h15-20,24,26H,14H2,1-11H3. The van der Waals surface area contributed by atoms with Crippen LogP contribution in [0.3, 0.4) is 0 Å².